The lowest BCUT2D eigenvalue weighted by molar-refractivity contribution is -0.118. The molecule has 0 aliphatic rings. The van der Waals surface area contributed by atoms with E-state index >= 15 is 0 Å². The molecule has 1 amide bonds. The molecule has 0 aliphatic carbocycles. The predicted molar refractivity (Wildman–Crippen MR) is 81.9 cm³/mol. The Bertz CT molecular complexity index is 674. The molecule has 0 unspecified atom stereocenters. The lowest BCUT2D eigenvalue weighted by Gasteiger charge is -1.99. The molecule has 8 heteroatoms. The number of hydrogen-bond acceptors (Lipinski definition) is 6. The zero-order valence-corrected chi connectivity index (χ0v) is 12.2. The van der Waals surface area contributed by atoms with Gasteiger partial charge in [-0.25, -0.2) is 20.2 Å². The largest absolute Gasteiger partial charge is 0.478 e. The molecule has 0 bridgehead atoms. The van der Waals surface area contributed by atoms with Gasteiger partial charge in [-0.2, -0.15) is 5.10 Å². The fraction of sp³-hybridized carbons (Fsp3) is 0.0714. The second-order valence-corrected chi connectivity index (χ2v) is 4.98. The predicted octanol–water partition coefficient (Wildman–Crippen LogP) is 1.42. The minimum atomic E-state index is -0.989. The minimum absolute atomic E-state index is 0.152. The van der Waals surface area contributed by atoms with Crippen molar-refractivity contribution < 1.29 is 14.7 Å². The number of amides is 1. The molecule has 0 radical (unpaired) electrons. The number of aromatic nitrogens is 2. The van der Waals surface area contributed by atoms with Crippen LogP contribution in [-0.2, 0) is 4.79 Å². The third kappa shape index (κ3) is 4.98. The quantitative estimate of drug-likeness (QED) is 0.361. The zero-order chi connectivity index (χ0) is 15.8. The van der Waals surface area contributed by atoms with Gasteiger partial charge in [-0.05, 0) is 23.8 Å². The van der Waals surface area contributed by atoms with E-state index in [-0.39, 0.29) is 17.2 Å². The molecular weight excluding hydrogens is 304 g/mol. The smallest absolute Gasteiger partial charge is 0.335 e. The highest BCUT2D eigenvalue weighted by Gasteiger charge is 2.03. The SMILES string of the molecule is O=C(CSc1ncccn1)NN=Cc1ccc(C(=O)O)cc1. The van der Waals surface area contributed by atoms with Gasteiger partial charge in [0, 0.05) is 12.4 Å². The van der Waals surface area contributed by atoms with Crippen LogP contribution in [0.15, 0.2) is 53.0 Å². The Hall–Kier alpha value is -2.74. The van der Waals surface area contributed by atoms with Gasteiger partial charge in [0.25, 0.3) is 5.91 Å². The van der Waals surface area contributed by atoms with Gasteiger partial charge in [0.05, 0.1) is 17.5 Å². The average molecular weight is 316 g/mol. The highest BCUT2D eigenvalue weighted by molar-refractivity contribution is 7.99. The molecule has 1 aromatic carbocycles. The monoisotopic (exact) mass is 316 g/mol. The number of thioether (sulfide) groups is 1. The Labute approximate surface area is 130 Å². The van der Waals surface area contributed by atoms with Crippen molar-refractivity contribution in [2.75, 3.05) is 5.75 Å². The van der Waals surface area contributed by atoms with Gasteiger partial charge in [-0.3, -0.25) is 4.79 Å². The lowest BCUT2D eigenvalue weighted by Crippen LogP contribution is -2.19. The first-order valence-electron chi connectivity index (χ1n) is 6.20. The van der Waals surface area contributed by atoms with Crippen LogP contribution in [0.2, 0.25) is 0 Å². The number of nitrogens with zero attached hydrogens (tertiary/aromatic N) is 3. The van der Waals surface area contributed by atoms with E-state index < -0.39 is 5.97 Å². The van der Waals surface area contributed by atoms with E-state index in [1.165, 1.54) is 30.1 Å². The number of carbonyl (C=O) groups is 2. The van der Waals surface area contributed by atoms with Gasteiger partial charge in [0.2, 0.25) is 0 Å². The summed E-state index contributed by atoms with van der Waals surface area (Å²) in [5.41, 5.74) is 3.26. The summed E-state index contributed by atoms with van der Waals surface area (Å²) in [7, 11) is 0. The highest BCUT2D eigenvalue weighted by Crippen LogP contribution is 2.09. The van der Waals surface area contributed by atoms with E-state index in [0.717, 1.165) is 0 Å². The molecule has 1 heterocycles. The van der Waals surface area contributed by atoms with Crippen LogP contribution < -0.4 is 5.43 Å². The Balaban J connectivity index is 1.79. The van der Waals surface area contributed by atoms with Gasteiger partial charge < -0.3 is 5.11 Å². The summed E-state index contributed by atoms with van der Waals surface area (Å²) in [6, 6.07) is 7.84. The van der Waals surface area contributed by atoms with Gasteiger partial charge in [-0.15, -0.1) is 0 Å². The third-order valence-corrected chi connectivity index (χ3v) is 3.31. The Morgan fingerprint density at radius 3 is 2.55 bits per heavy atom. The number of benzene rings is 1. The molecule has 1 aromatic heterocycles. The van der Waals surface area contributed by atoms with Crippen molar-refractivity contribution in [1.29, 1.82) is 0 Å². The standard InChI is InChI=1S/C14H12N4O3S/c19-12(9-22-14-15-6-1-7-16-14)18-17-8-10-2-4-11(5-3-10)13(20)21/h1-8H,9H2,(H,18,19)(H,20,21). The van der Waals surface area contributed by atoms with Crippen LogP contribution in [0.5, 0.6) is 0 Å². The first kappa shape index (κ1) is 15.6. The molecule has 22 heavy (non-hydrogen) atoms. The Kier molecular flexibility index (Phi) is 5.61. The lowest BCUT2D eigenvalue weighted by atomic mass is 10.1. The number of rotatable bonds is 6. The van der Waals surface area contributed by atoms with Gasteiger partial charge in [-0.1, -0.05) is 23.9 Å². The topological polar surface area (TPSA) is 105 Å². The van der Waals surface area contributed by atoms with Crippen LogP contribution in [0, 0.1) is 0 Å². The van der Waals surface area contributed by atoms with Crippen molar-refractivity contribution in [3.05, 3.63) is 53.9 Å². The number of hydrogen-bond donors (Lipinski definition) is 2. The van der Waals surface area contributed by atoms with E-state index in [9.17, 15) is 9.59 Å². The van der Waals surface area contributed by atoms with Crippen molar-refractivity contribution in [3.8, 4) is 0 Å². The van der Waals surface area contributed by atoms with Crippen LogP contribution in [0.25, 0.3) is 0 Å². The average Bonchev–Trinajstić information content (AvgIpc) is 2.54. The van der Waals surface area contributed by atoms with E-state index in [4.69, 9.17) is 5.11 Å². The maximum absolute atomic E-state index is 11.6. The molecule has 0 fully saturated rings. The summed E-state index contributed by atoms with van der Waals surface area (Å²) in [6.45, 7) is 0. The van der Waals surface area contributed by atoms with E-state index in [1.54, 1.807) is 30.6 Å². The second kappa shape index (κ2) is 7.89. The molecule has 0 spiro atoms. The van der Waals surface area contributed by atoms with E-state index in [2.05, 4.69) is 20.5 Å². The fourth-order valence-corrected chi connectivity index (χ4v) is 2.01. The molecule has 0 saturated heterocycles. The summed E-state index contributed by atoms with van der Waals surface area (Å²) in [5.74, 6) is -1.12. The number of carboxylic acid groups (broad SMARTS) is 1. The van der Waals surface area contributed by atoms with Crippen molar-refractivity contribution in [2.24, 2.45) is 5.10 Å². The first-order valence-corrected chi connectivity index (χ1v) is 7.19. The van der Waals surface area contributed by atoms with Crippen LogP contribution >= 0.6 is 11.8 Å². The molecule has 2 rings (SSSR count). The van der Waals surface area contributed by atoms with Crippen molar-refractivity contribution in [1.82, 2.24) is 15.4 Å². The fourth-order valence-electron chi connectivity index (χ4n) is 1.41. The van der Waals surface area contributed by atoms with Crippen LogP contribution in [0.4, 0.5) is 0 Å². The van der Waals surface area contributed by atoms with Gasteiger partial charge in [0.1, 0.15) is 0 Å². The van der Waals surface area contributed by atoms with E-state index in [0.29, 0.717) is 10.7 Å². The third-order valence-electron chi connectivity index (χ3n) is 2.43. The van der Waals surface area contributed by atoms with Crippen molar-refractivity contribution in [2.45, 2.75) is 5.16 Å². The number of hydrazone groups is 1. The van der Waals surface area contributed by atoms with E-state index in [1.807, 2.05) is 0 Å². The molecule has 7 nitrogen and oxygen atoms in total. The molecule has 2 aromatic rings. The van der Waals surface area contributed by atoms with Crippen LogP contribution in [0.1, 0.15) is 15.9 Å². The summed E-state index contributed by atoms with van der Waals surface area (Å²) in [5, 5.41) is 13.1. The number of carboxylic acids is 1. The Morgan fingerprint density at radius 1 is 1.23 bits per heavy atom. The van der Waals surface area contributed by atoms with Crippen LogP contribution in [-0.4, -0.2) is 38.9 Å². The first-order chi connectivity index (χ1) is 10.6. The maximum Gasteiger partial charge on any atom is 0.335 e. The zero-order valence-electron chi connectivity index (χ0n) is 11.3. The van der Waals surface area contributed by atoms with Crippen molar-refractivity contribution >= 4 is 29.9 Å². The second-order valence-electron chi connectivity index (χ2n) is 4.04. The molecule has 112 valence electrons. The molecule has 0 saturated carbocycles. The summed E-state index contributed by atoms with van der Waals surface area (Å²) < 4.78 is 0. The molecule has 0 aliphatic heterocycles. The van der Waals surface area contributed by atoms with Gasteiger partial charge >= 0.3 is 5.97 Å². The number of carbonyl (C=O) groups excluding carboxylic acids is 1. The van der Waals surface area contributed by atoms with Crippen molar-refractivity contribution in [3.63, 3.8) is 0 Å². The summed E-state index contributed by atoms with van der Waals surface area (Å²) in [6.07, 6.45) is 4.64. The highest BCUT2D eigenvalue weighted by atomic mass is 32.2. The summed E-state index contributed by atoms with van der Waals surface area (Å²) >= 11 is 1.21. The van der Waals surface area contributed by atoms with Crippen LogP contribution in [0.3, 0.4) is 0 Å². The molecular formula is C14H12N4O3S. The Morgan fingerprint density at radius 2 is 1.91 bits per heavy atom. The molecule has 0 atom stereocenters. The van der Waals surface area contributed by atoms with Gasteiger partial charge in [0.15, 0.2) is 5.16 Å². The minimum Gasteiger partial charge on any atom is -0.478 e. The maximum atomic E-state index is 11.6. The number of aromatic carboxylic acids is 1. The summed E-state index contributed by atoms with van der Waals surface area (Å²) in [4.78, 5) is 30.2. The normalized spacial score (nSPS) is 10.5. The molecule has 2 N–H and O–H groups in total. The number of nitrogens with one attached hydrogen (secondary N) is 1.